The van der Waals surface area contributed by atoms with Crippen LogP contribution < -0.4 is 5.32 Å². The summed E-state index contributed by atoms with van der Waals surface area (Å²) in [5, 5.41) is 3.37. The molecule has 0 atom stereocenters. The number of piperidine rings is 1. The van der Waals surface area contributed by atoms with Gasteiger partial charge in [-0.15, -0.1) is 0 Å². The minimum atomic E-state index is -3.90. The lowest BCUT2D eigenvalue weighted by molar-refractivity contribution is -0.120. The van der Waals surface area contributed by atoms with Crippen molar-refractivity contribution in [2.45, 2.75) is 17.7 Å². The van der Waals surface area contributed by atoms with Crippen LogP contribution in [0.4, 0.5) is 9.52 Å². The van der Waals surface area contributed by atoms with Crippen molar-refractivity contribution in [3.8, 4) is 0 Å². The summed E-state index contributed by atoms with van der Waals surface area (Å²) in [4.78, 5) is 16.6. The number of nitrogens with zero attached hydrogens (tertiary/aromatic N) is 2. The Kier molecular flexibility index (Phi) is 5.13. The van der Waals surface area contributed by atoms with Crippen molar-refractivity contribution >= 4 is 42.6 Å². The molecule has 1 saturated heterocycles. The van der Waals surface area contributed by atoms with Crippen LogP contribution in [0.25, 0.3) is 10.2 Å². The molecule has 0 spiro atoms. The van der Waals surface area contributed by atoms with Crippen LogP contribution in [0.2, 0.25) is 0 Å². The summed E-state index contributed by atoms with van der Waals surface area (Å²) >= 11 is 1.40. The van der Waals surface area contributed by atoms with Crippen molar-refractivity contribution in [3.05, 3.63) is 54.3 Å². The third-order valence-corrected chi connectivity index (χ3v) is 7.69. The van der Waals surface area contributed by atoms with E-state index in [4.69, 9.17) is 0 Å². The zero-order valence-electron chi connectivity index (χ0n) is 14.8. The molecule has 3 aromatic rings. The number of amides is 1. The molecule has 1 fully saturated rings. The lowest BCUT2D eigenvalue weighted by Crippen LogP contribution is -2.41. The van der Waals surface area contributed by atoms with Gasteiger partial charge in [0.05, 0.1) is 10.2 Å². The average molecular weight is 420 g/mol. The zero-order chi connectivity index (χ0) is 19.7. The van der Waals surface area contributed by atoms with Crippen molar-refractivity contribution in [2.75, 3.05) is 18.4 Å². The SMILES string of the molecule is O=C(Nc1nc2ccccc2s1)C1CCN(S(=O)(=O)c2ccccc2F)CC1. The number of para-hydroxylation sites is 1. The van der Waals surface area contributed by atoms with Gasteiger partial charge in [-0.1, -0.05) is 35.6 Å². The van der Waals surface area contributed by atoms with Gasteiger partial charge in [-0.05, 0) is 37.1 Å². The summed E-state index contributed by atoms with van der Waals surface area (Å²) < 4.78 is 41.4. The van der Waals surface area contributed by atoms with Crippen LogP contribution in [0.1, 0.15) is 12.8 Å². The summed E-state index contributed by atoms with van der Waals surface area (Å²) in [6, 6.07) is 13.0. The molecular formula is C19H18FN3O3S2. The highest BCUT2D eigenvalue weighted by molar-refractivity contribution is 7.89. The standard InChI is InChI=1S/C19H18FN3O3S2/c20-14-5-1-4-8-17(14)28(25,26)23-11-9-13(10-12-23)18(24)22-19-21-15-6-2-3-7-16(15)27-19/h1-8,13H,9-12H2,(H,21,22,24). The Hall–Kier alpha value is -2.36. The van der Waals surface area contributed by atoms with E-state index in [2.05, 4.69) is 10.3 Å². The van der Waals surface area contributed by atoms with E-state index in [0.29, 0.717) is 18.0 Å². The number of hydrogen-bond acceptors (Lipinski definition) is 5. The number of nitrogens with one attached hydrogen (secondary N) is 1. The number of carbonyl (C=O) groups is 1. The number of thiazole rings is 1. The molecule has 0 bridgehead atoms. The minimum Gasteiger partial charge on any atom is -0.302 e. The van der Waals surface area contributed by atoms with Crippen LogP contribution in [0.3, 0.4) is 0 Å². The smallest absolute Gasteiger partial charge is 0.245 e. The molecule has 1 N–H and O–H groups in total. The maximum absolute atomic E-state index is 13.9. The van der Waals surface area contributed by atoms with E-state index in [-0.39, 0.29) is 29.8 Å². The fourth-order valence-electron chi connectivity index (χ4n) is 3.28. The quantitative estimate of drug-likeness (QED) is 0.702. The molecule has 146 valence electrons. The number of aromatic nitrogens is 1. The summed E-state index contributed by atoms with van der Waals surface area (Å²) in [5.74, 6) is -1.24. The van der Waals surface area contributed by atoms with Crippen molar-refractivity contribution in [2.24, 2.45) is 5.92 Å². The first-order chi connectivity index (χ1) is 13.4. The van der Waals surface area contributed by atoms with Crippen molar-refractivity contribution in [3.63, 3.8) is 0 Å². The van der Waals surface area contributed by atoms with E-state index in [1.165, 1.54) is 33.8 Å². The van der Waals surface area contributed by atoms with Crippen LogP contribution in [0.5, 0.6) is 0 Å². The van der Waals surface area contributed by atoms with Crippen LogP contribution in [-0.2, 0) is 14.8 Å². The Morgan fingerprint density at radius 1 is 1.11 bits per heavy atom. The van der Waals surface area contributed by atoms with E-state index in [1.807, 2.05) is 24.3 Å². The molecule has 1 amide bonds. The average Bonchev–Trinajstić information content (AvgIpc) is 3.10. The number of benzene rings is 2. The molecule has 2 heterocycles. The van der Waals surface area contributed by atoms with E-state index in [1.54, 1.807) is 0 Å². The summed E-state index contributed by atoms with van der Waals surface area (Å²) in [5.41, 5.74) is 0.827. The molecule has 9 heteroatoms. The number of fused-ring (bicyclic) bond motifs is 1. The van der Waals surface area contributed by atoms with Crippen LogP contribution in [-0.4, -0.2) is 36.7 Å². The summed E-state index contributed by atoms with van der Waals surface area (Å²) in [6.07, 6.45) is 0.759. The number of rotatable bonds is 4. The second-order valence-electron chi connectivity index (χ2n) is 6.58. The van der Waals surface area contributed by atoms with Crippen LogP contribution in [0, 0.1) is 11.7 Å². The number of halogens is 1. The van der Waals surface area contributed by atoms with Gasteiger partial charge in [0.1, 0.15) is 10.7 Å². The van der Waals surface area contributed by atoms with E-state index in [9.17, 15) is 17.6 Å². The zero-order valence-corrected chi connectivity index (χ0v) is 16.5. The lowest BCUT2D eigenvalue weighted by atomic mass is 9.97. The maximum atomic E-state index is 13.9. The van der Waals surface area contributed by atoms with Gasteiger partial charge in [-0.3, -0.25) is 4.79 Å². The van der Waals surface area contributed by atoms with Gasteiger partial charge in [-0.25, -0.2) is 17.8 Å². The second-order valence-corrected chi connectivity index (χ2v) is 9.52. The number of sulfonamides is 1. The van der Waals surface area contributed by atoms with Gasteiger partial charge in [0, 0.05) is 19.0 Å². The fourth-order valence-corrected chi connectivity index (χ4v) is 5.69. The van der Waals surface area contributed by atoms with Gasteiger partial charge in [-0.2, -0.15) is 4.31 Å². The Labute approximate surface area is 166 Å². The maximum Gasteiger partial charge on any atom is 0.245 e. The summed E-state index contributed by atoms with van der Waals surface area (Å²) in [7, 11) is -3.90. The highest BCUT2D eigenvalue weighted by Gasteiger charge is 2.33. The van der Waals surface area contributed by atoms with E-state index >= 15 is 0 Å². The largest absolute Gasteiger partial charge is 0.302 e. The number of hydrogen-bond donors (Lipinski definition) is 1. The number of carbonyl (C=O) groups excluding carboxylic acids is 1. The molecule has 0 radical (unpaired) electrons. The summed E-state index contributed by atoms with van der Waals surface area (Å²) in [6.45, 7) is 0.350. The molecule has 1 aromatic heterocycles. The Morgan fingerprint density at radius 3 is 2.50 bits per heavy atom. The molecule has 0 saturated carbocycles. The molecule has 28 heavy (non-hydrogen) atoms. The van der Waals surface area contributed by atoms with Crippen molar-refractivity contribution < 1.29 is 17.6 Å². The van der Waals surface area contributed by atoms with Gasteiger partial charge < -0.3 is 5.32 Å². The highest BCUT2D eigenvalue weighted by atomic mass is 32.2. The first kappa shape index (κ1) is 19.0. The van der Waals surface area contributed by atoms with Gasteiger partial charge in [0.15, 0.2) is 5.13 Å². The Balaban J connectivity index is 1.41. The fraction of sp³-hybridized carbons (Fsp3) is 0.263. The van der Waals surface area contributed by atoms with Crippen LogP contribution >= 0.6 is 11.3 Å². The molecule has 2 aromatic carbocycles. The van der Waals surface area contributed by atoms with Gasteiger partial charge in [0.2, 0.25) is 15.9 Å². The predicted octanol–water partition coefficient (Wildman–Crippen LogP) is 3.47. The molecule has 0 aliphatic carbocycles. The minimum absolute atomic E-state index is 0.165. The van der Waals surface area contributed by atoms with E-state index < -0.39 is 15.8 Å². The van der Waals surface area contributed by atoms with E-state index in [0.717, 1.165) is 16.3 Å². The highest BCUT2D eigenvalue weighted by Crippen LogP contribution is 2.28. The lowest BCUT2D eigenvalue weighted by Gasteiger charge is -2.30. The van der Waals surface area contributed by atoms with Gasteiger partial charge in [0.25, 0.3) is 0 Å². The normalized spacial score (nSPS) is 16.3. The van der Waals surface area contributed by atoms with Crippen molar-refractivity contribution in [1.82, 2.24) is 9.29 Å². The van der Waals surface area contributed by atoms with Gasteiger partial charge >= 0.3 is 0 Å². The second kappa shape index (κ2) is 7.57. The van der Waals surface area contributed by atoms with Crippen molar-refractivity contribution in [1.29, 1.82) is 0 Å². The third kappa shape index (κ3) is 3.65. The molecule has 4 rings (SSSR count). The Bertz CT molecular complexity index is 1090. The first-order valence-electron chi connectivity index (χ1n) is 8.86. The third-order valence-electron chi connectivity index (χ3n) is 4.80. The Morgan fingerprint density at radius 2 is 1.79 bits per heavy atom. The first-order valence-corrected chi connectivity index (χ1v) is 11.1. The topological polar surface area (TPSA) is 79.4 Å². The van der Waals surface area contributed by atoms with Crippen LogP contribution in [0.15, 0.2) is 53.4 Å². The monoisotopic (exact) mass is 419 g/mol. The predicted molar refractivity (Wildman–Crippen MR) is 106 cm³/mol. The molecule has 1 aliphatic rings. The molecule has 0 unspecified atom stereocenters. The molecular weight excluding hydrogens is 401 g/mol. The number of anilines is 1. The molecule has 1 aliphatic heterocycles. The molecule has 6 nitrogen and oxygen atoms in total.